The van der Waals surface area contributed by atoms with Crippen molar-refractivity contribution in [2.45, 2.75) is 26.2 Å². The summed E-state index contributed by atoms with van der Waals surface area (Å²) in [7, 11) is 1.55. The Morgan fingerprint density at radius 3 is 2.71 bits per heavy atom. The number of hydrogen-bond acceptors (Lipinski definition) is 4. The van der Waals surface area contributed by atoms with Gasteiger partial charge in [0.25, 0.3) is 0 Å². The molecule has 0 radical (unpaired) electrons. The second kappa shape index (κ2) is 6.55. The van der Waals surface area contributed by atoms with Gasteiger partial charge in [-0.25, -0.2) is 0 Å². The summed E-state index contributed by atoms with van der Waals surface area (Å²) in [5, 5.41) is 9.46. The smallest absolute Gasteiger partial charge is 0.194 e. The van der Waals surface area contributed by atoms with Crippen LogP contribution in [0.2, 0.25) is 0 Å². The summed E-state index contributed by atoms with van der Waals surface area (Å²) in [6.07, 6.45) is 0.892. The van der Waals surface area contributed by atoms with Gasteiger partial charge in [-0.1, -0.05) is 24.6 Å². The third-order valence-electron chi connectivity index (χ3n) is 3.34. The summed E-state index contributed by atoms with van der Waals surface area (Å²) in [4.78, 5) is 14.4. The molecule has 4 heteroatoms. The van der Waals surface area contributed by atoms with Crippen molar-refractivity contribution in [2.24, 2.45) is 0 Å². The van der Waals surface area contributed by atoms with Crippen LogP contribution in [0.15, 0.2) is 30.3 Å². The monoisotopic (exact) mass is 299 g/mol. The molecule has 0 bridgehead atoms. The van der Waals surface area contributed by atoms with E-state index in [2.05, 4.69) is 6.07 Å². The van der Waals surface area contributed by atoms with Crippen LogP contribution in [0.3, 0.4) is 0 Å². The molecular formula is C17H17NO2S. The van der Waals surface area contributed by atoms with E-state index in [1.54, 1.807) is 19.2 Å². The second-order valence-corrected chi connectivity index (χ2v) is 5.96. The number of hydrogen-bond donors (Lipinski definition) is 0. The molecule has 0 aliphatic rings. The molecule has 21 heavy (non-hydrogen) atoms. The summed E-state index contributed by atoms with van der Waals surface area (Å²) in [6, 6.07) is 11.4. The Labute approximate surface area is 128 Å². The highest BCUT2D eigenvalue weighted by atomic mass is 32.1. The van der Waals surface area contributed by atoms with Gasteiger partial charge in [0.1, 0.15) is 11.7 Å². The lowest BCUT2D eigenvalue weighted by atomic mass is 9.93. The van der Waals surface area contributed by atoms with Crippen molar-refractivity contribution in [1.29, 1.82) is 5.26 Å². The third kappa shape index (κ3) is 3.14. The van der Waals surface area contributed by atoms with Crippen molar-refractivity contribution in [3.05, 3.63) is 51.2 Å². The fourth-order valence-corrected chi connectivity index (χ4v) is 3.11. The molecule has 0 aliphatic heterocycles. The molecule has 0 saturated heterocycles. The zero-order valence-corrected chi connectivity index (χ0v) is 13.2. The first-order chi connectivity index (χ1) is 10.1. The van der Waals surface area contributed by atoms with E-state index in [0.29, 0.717) is 16.2 Å². The summed E-state index contributed by atoms with van der Waals surface area (Å²) in [5.74, 6) is -0.415. The Balaban J connectivity index is 2.42. The second-order valence-electron chi connectivity index (χ2n) is 4.79. The number of methoxy groups -OCH3 is 1. The lowest BCUT2D eigenvalue weighted by Crippen LogP contribution is -2.11. The van der Waals surface area contributed by atoms with Gasteiger partial charge in [0.05, 0.1) is 18.1 Å². The molecule has 0 N–H and O–H groups in total. The number of benzene rings is 1. The van der Waals surface area contributed by atoms with Gasteiger partial charge in [-0.3, -0.25) is 4.79 Å². The number of ether oxygens (including phenoxy) is 1. The molecule has 1 aromatic heterocycles. The minimum atomic E-state index is -0.830. The van der Waals surface area contributed by atoms with Gasteiger partial charge in [-0.05, 0) is 31.5 Å². The number of Topliss-reactive ketones (excluding diaryl/α,β-unsaturated/α-hetero) is 1. The zero-order chi connectivity index (χ0) is 15.4. The van der Waals surface area contributed by atoms with Crippen LogP contribution in [-0.4, -0.2) is 12.9 Å². The van der Waals surface area contributed by atoms with Crippen LogP contribution < -0.4 is 4.74 Å². The molecule has 0 aliphatic carbocycles. The van der Waals surface area contributed by atoms with E-state index in [4.69, 9.17) is 4.74 Å². The van der Waals surface area contributed by atoms with Gasteiger partial charge in [-0.2, -0.15) is 5.26 Å². The Morgan fingerprint density at radius 2 is 2.14 bits per heavy atom. The number of rotatable bonds is 5. The van der Waals surface area contributed by atoms with E-state index in [9.17, 15) is 10.1 Å². The van der Waals surface area contributed by atoms with E-state index in [0.717, 1.165) is 16.9 Å². The topological polar surface area (TPSA) is 50.1 Å². The molecule has 0 amide bonds. The van der Waals surface area contributed by atoms with Gasteiger partial charge < -0.3 is 4.74 Å². The van der Waals surface area contributed by atoms with Crippen LogP contribution in [-0.2, 0) is 6.42 Å². The maximum atomic E-state index is 12.6. The SMILES string of the molecule is CCc1ccc(C(=O)C(C#N)c2cc(C)ccc2OC)s1. The van der Waals surface area contributed by atoms with Crippen LogP contribution in [0, 0.1) is 18.3 Å². The van der Waals surface area contributed by atoms with Gasteiger partial charge in [-0.15, -0.1) is 11.3 Å². The average Bonchev–Trinajstić information content (AvgIpc) is 2.97. The number of carbonyl (C=O) groups excluding carboxylic acids is 1. The molecule has 3 nitrogen and oxygen atoms in total. The van der Waals surface area contributed by atoms with Crippen molar-refractivity contribution < 1.29 is 9.53 Å². The highest BCUT2D eigenvalue weighted by molar-refractivity contribution is 7.14. The first-order valence-electron chi connectivity index (χ1n) is 6.77. The molecule has 0 spiro atoms. The Bertz CT molecular complexity index is 697. The van der Waals surface area contributed by atoms with Gasteiger partial charge in [0.2, 0.25) is 0 Å². The summed E-state index contributed by atoms with van der Waals surface area (Å²) in [5.41, 5.74) is 1.63. The molecule has 0 saturated carbocycles. The lowest BCUT2D eigenvalue weighted by Gasteiger charge is -2.13. The predicted molar refractivity (Wildman–Crippen MR) is 84.1 cm³/mol. The van der Waals surface area contributed by atoms with Crippen LogP contribution in [0.4, 0.5) is 0 Å². The Hall–Kier alpha value is -2.12. The van der Waals surface area contributed by atoms with E-state index >= 15 is 0 Å². The number of carbonyl (C=O) groups is 1. The fraction of sp³-hybridized carbons (Fsp3) is 0.294. The van der Waals surface area contributed by atoms with Crippen LogP contribution in [0.25, 0.3) is 0 Å². The van der Waals surface area contributed by atoms with E-state index in [1.165, 1.54) is 11.3 Å². The summed E-state index contributed by atoms with van der Waals surface area (Å²) >= 11 is 1.46. The predicted octanol–water partition coefficient (Wildman–Crippen LogP) is 4.12. The zero-order valence-electron chi connectivity index (χ0n) is 12.3. The van der Waals surface area contributed by atoms with Crippen molar-refractivity contribution in [3.8, 4) is 11.8 Å². The summed E-state index contributed by atoms with van der Waals surface area (Å²) in [6.45, 7) is 3.98. The minimum absolute atomic E-state index is 0.161. The van der Waals surface area contributed by atoms with E-state index in [-0.39, 0.29) is 5.78 Å². The highest BCUT2D eigenvalue weighted by Gasteiger charge is 2.26. The van der Waals surface area contributed by atoms with E-state index in [1.807, 2.05) is 32.0 Å². The molecule has 2 aromatic rings. The van der Waals surface area contributed by atoms with Crippen molar-refractivity contribution in [3.63, 3.8) is 0 Å². The maximum Gasteiger partial charge on any atom is 0.194 e. The Morgan fingerprint density at radius 1 is 1.38 bits per heavy atom. The third-order valence-corrected chi connectivity index (χ3v) is 4.58. The lowest BCUT2D eigenvalue weighted by molar-refractivity contribution is 0.0981. The molecule has 1 unspecified atom stereocenters. The first kappa shape index (κ1) is 15.3. The number of ketones is 1. The van der Waals surface area contributed by atoms with Gasteiger partial charge >= 0.3 is 0 Å². The largest absolute Gasteiger partial charge is 0.496 e. The van der Waals surface area contributed by atoms with Crippen molar-refractivity contribution in [1.82, 2.24) is 0 Å². The maximum absolute atomic E-state index is 12.6. The molecule has 1 aromatic carbocycles. The van der Waals surface area contributed by atoms with Crippen LogP contribution in [0.1, 0.15) is 38.5 Å². The number of thiophene rings is 1. The minimum Gasteiger partial charge on any atom is -0.496 e. The number of nitriles is 1. The molecule has 1 atom stereocenters. The first-order valence-corrected chi connectivity index (χ1v) is 7.59. The fourth-order valence-electron chi connectivity index (χ4n) is 2.19. The van der Waals surface area contributed by atoms with Crippen LogP contribution >= 0.6 is 11.3 Å². The molecule has 108 valence electrons. The molecule has 1 heterocycles. The van der Waals surface area contributed by atoms with Crippen molar-refractivity contribution >= 4 is 17.1 Å². The van der Waals surface area contributed by atoms with Gasteiger partial charge in [0.15, 0.2) is 5.78 Å². The van der Waals surface area contributed by atoms with E-state index < -0.39 is 5.92 Å². The van der Waals surface area contributed by atoms with Crippen molar-refractivity contribution in [2.75, 3.05) is 7.11 Å². The molecule has 2 rings (SSSR count). The quantitative estimate of drug-likeness (QED) is 0.780. The molecule has 0 fully saturated rings. The molecular weight excluding hydrogens is 282 g/mol. The van der Waals surface area contributed by atoms with Gasteiger partial charge in [0, 0.05) is 10.4 Å². The standard InChI is InChI=1S/C17H17NO2S/c1-4-12-6-8-16(21-12)17(19)14(10-18)13-9-11(2)5-7-15(13)20-3/h5-9,14H,4H2,1-3H3. The van der Waals surface area contributed by atoms with Crippen LogP contribution in [0.5, 0.6) is 5.75 Å². The summed E-state index contributed by atoms with van der Waals surface area (Å²) < 4.78 is 5.30. The Kier molecular flexibility index (Phi) is 4.77. The highest BCUT2D eigenvalue weighted by Crippen LogP contribution is 2.31. The normalized spacial score (nSPS) is 11.7. The number of nitrogens with zero attached hydrogens (tertiary/aromatic N) is 1. The average molecular weight is 299 g/mol. The number of aryl methyl sites for hydroxylation is 2.